The van der Waals surface area contributed by atoms with E-state index in [0.29, 0.717) is 25.2 Å². The smallest absolute Gasteiger partial charge is 0.410 e. The summed E-state index contributed by atoms with van der Waals surface area (Å²) in [7, 11) is 0. The first-order chi connectivity index (χ1) is 14.8. The Morgan fingerprint density at radius 2 is 1.97 bits per heavy atom. The Hall–Kier alpha value is -3.13. The highest BCUT2D eigenvalue weighted by Gasteiger charge is 2.35. The van der Waals surface area contributed by atoms with E-state index in [2.05, 4.69) is 10.2 Å². The molecule has 0 saturated carbocycles. The number of amides is 2. The van der Waals surface area contributed by atoms with Gasteiger partial charge in [0.15, 0.2) is 0 Å². The average molecular weight is 439 g/mol. The average Bonchev–Trinajstić information content (AvgIpc) is 3.44. The highest BCUT2D eigenvalue weighted by molar-refractivity contribution is 7.13. The van der Waals surface area contributed by atoms with E-state index in [9.17, 15) is 9.59 Å². The summed E-state index contributed by atoms with van der Waals surface area (Å²) in [6, 6.07) is 11.5. The first-order valence-corrected chi connectivity index (χ1v) is 11.1. The lowest BCUT2D eigenvalue weighted by Gasteiger charge is -2.41. The van der Waals surface area contributed by atoms with Gasteiger partial charge in [-0.3, -0.25) is 9.89 Å². The summed E-state index contributed by atoms with van der Waals surface area (Å²) in [5.41, 5.74) is 2.03. The van der Waals surface area contributed by atoms with Crippen molar-refractivity contribution in [3.63, 3.8) is 0 Å². The predicted octanol–water partition coefficient (Wildman–Crippen LogP) is 4.57. The lowest BCUT2D eigenvalue weighted by atomic mass is 10.0. The van der Waals surface area contributed by atoms with Crippen LogP contribution >= 0.6 is 11.3 Å². The van der Waals surface area contributed by atoms with Crippen LogP contribution in [0.15, 0.2) is 54.2 Å². The molecule has 1 N–H and O–H groups in total. The molecule has 162 valence electrons. The van der Waals surface area contributed by atoms with E-state index in [0.717, 1.165) is 16.0 Å². The number of aromatic amines is 1. The quantitative estimate of drug-likeness (QED) is 0.650. The second-order valence-corrected chi connectivity index (χ2v) is 9.45. The summed E-state index contributed by atoms with van der Waals surface area (Å²) in [6.45, 7) is 6.83. The van der Waals surface area contributed by atoms with Crippen molar-refractivity contribution in [3.8, 4) is 10.4 Å². The first-order valence-electron chi connectivity index (χ1n) is 10.2. The molecular weight excluding hydrogens is 412 g/mol. The van der Waals surface area contributed by atoms with Crippen LogP contribution in [0.1, 0.15) is 42.7 Å². The topological polar surface area (TPSA) is 78.5 Å². The number of nitrogens with zero attached hydrogens (tertiary/aromatic N) is 3. The van der Waals surface area contributed by atoms with Gasteiger partial charge in [0.05, 0.1) is 17.8 Å². The van der Waals surface area contributed by atoms with E-state index >= 15 is 0 Å². The maximum Gasteiger partial charge on any atom is 0.410 e. The number of ether oxygens (including phenoxy) is 1. The van der Waals surface area contributed by atoms with E-state index in [4.69, 9.17) is 4.74 Å². The molecule has 1 aliphatic heterocycles. The van der Waals surface area contributed by atoms with Gasteiger partial charge in [0.1, 0.15) is 5.60 Å². The molecule has 1 aliphatic rings. The number of hydrogen-bond acceptors (Lipinski definition) is 5. The molecule has 1 saturated heterocycles. The monoisotopic (exact) mass is 438 g/mol. The van der Waals surface area contributed by atoms with Gasteiger partial charge in [-0.25, -0.2) is 4.79 Å². The third-order valence-electron chi connectivity index (χ3n) is 5.11. The van der Waals surface area contributed by atoms with Gasteiger partial charge in [0, 0.05) is 41.7 Å². The Labute approximate surface area is 185 Å². The molecule has 4 rings (SSSR count). The lowest BCUT2D eigenvalue weighted by Crippen LogP contribution is -2.53. The van der Waals surface area contributed by atoms with Crippen molar-refractivity contribution < 1.29 is 14.3 Å². The maximum atomic E-state index is 13.4. The van der Waals surface area contributed by atoms with E-state index in [1.165, 1.54) is 11.3 Å². The molecule has 0 bridgehead atoms. The maximum absolute atomic E-state index is 13.4. The number of benzene rings is 1. The molecule has 8 heteroatoms. The number of piperazine rings is 1. The van der Waals surface area contributed by atoms with Gasteiger partial charge >= 0.3 is 6.09 Å². The van der Waals surface area contributed by atoms with Crippen LogP contribution in [0, 0.1) is 0 Å². The molecule has 3 heterocycles. The summed E-state index contributed by atoms with van der Waals surface area (Å²) in [5, 5.41) is 8.67. The molecule has 1 atom stereocenters. The van der Waals surface area contributed by atoms with Crippen molar-refractivity contribution in [2.45, 2.75) is 32.4 Å². The largest absolute Gasteiger partial charge is 0.444 e. The Balaban J connectivity index is 1.57. The molecule has 3 aromatic rings. The molecular formula is C23H26N4O3S. The van der Waals surface area contributed by atoms with Gasteiger partial charge in [-0.1, -0.05) is 30.3 Å². The zero-order valence-electron chi connectivity index (χ0n) is 17.9. The lowest BCUT2D eigenvalue weighted by molar-refractivity contribution is 0.00410. The minimum Gasteiger partial charge on any atom is -0.444 e. The fourth-order valence-electron chi connectivity index (χ4n) is 3.63. The van der Waals surface area contributed by atoms with Crippen molar-refractivity contribution in [2.75, 3.05) is 19.6 Å². The molecule has 1 unspecified atom stereocenters. The van der Waals surface area contributed by atoms with Crippen LogP contribution in [-0.2, 0) is 4.74 Å². The third-order valence-corrected chi connectivity index (χ3v) is 6.09. The zero-order chi connectivity index (χ0) is 22.0. The van der Waals surface area contributed by atoms with Crippen LogP contribution in [0.2, 0.25) is 0 Å². The standard InChI is InChI=1S/C23H26N4O3S/c1-23(2,3)30-22(29)26-9-10-27(19(14-26)16-7-5-4-6-8-16)21(28)17-11-20(31-15-17)18-12-24-25-13-18/h4-8,11-13,15,19H,9-10,14H2,1-3H3,(H,24,25). The number of aromatic nitrogens is 2. The van der Waals surface area contributed by atoms with Crippen LogP contribution in [0.25, 0.3) is 10.4 Å². The van der Waals surface area contributed by atoms with E-state index in [1.807, 2.05) is 73.6 Å². The Morgan fingerprint density at radius 3 is 2.65 bits per heavy atom. The molecule has 1 fully saturated rings. The summed E-state index contributed by atoms with van der Waals surface area (Å²) in [4.78, 5) is 30.6. The SMILES string of the molecule is CC(C)(C)OC(=O)N1CCN(C(=O)c2csc(-c3cn[nH]c3)c2)C(c2ccccc2)C1. The van der Waals surface area contributed by atoms with Gasteiger partial charge in [-0.2, -0.15) is 5.10 Å². The number of H-pyrrole nitrogens is 1. The van der Waals surface area contributed by atoms with Crippen LogP contribution in [0.5, 0.6) is 0 Å². The van der Waals surface area contributed by atoms with E-state index in [-0.39, 0.29) is 18.0 Å². The second kappa shape index (κ2) is 8.55. The fraction of sp³-hybridized carbons (Fsp3) is 0.348. The summed E-state index contributed by atoms with van der Waals surface area (Å²) in [5.74, 6) is -0.0383. The molecule has 0 aliphatic carbocycles. The van der Waals surface area contributed by atoms with Crippen LogP contribution in [0.3, 0.4) is 0 Å². The van der Waals surface area contributed by atoms with Crippen molar-refractivity contribution in [3.05, 3.63) is 65.3 Å². The summed E-state index contributed by atoms with van der Waals surface area (Å²) >= 11 is 1.52. The molecule has 31 heavy (non-hydrogen) atoms. The van der Waals surface area contributed by atoms with Gasteiger partial charge in [0.25, 0.3) is 5.91 Å². The van der Waals surface area contributed by atoms with Crippen molar-refractivity contribution in [1.29, 1.82) is 0 Å². The van der Waals surface area contributed by atoms with Gasteiger partial charge in [-0.05, 0) is 32.4 Å². The number of carbonyl (C=O) groups excluding carboxylic acids is 2. The number of thiophene rings is 1. The molecule has 0 radical (unpaired) electrons. The first kappa shape index (κ1) is 21.1. The van der Waals surface area contributed by atoms with Gasteiger partial charge in [-0.15, -0.1) is 11.3 Å². The third kappa shape index (κ3) is 4.80. The highest BCUT2D eigenvalue weighted by Crippen LogP contribution is 2.31. The van der Waals surface area contributed by atoms with Crippen molar-refractivity contribution in [2.24, 2.45) is 0 Å². The van der Waals surface area contributed by atoms with Crippen LogP contribution < -0.4 is 0 Å². The highest BCUT2D eigenvalue weighted by atomic mass is 32.1. The molecule has 2 amide bonds. The number of carbonyl (C=O) groups is 2. The van der Waals surface area contributed by atoms with Crippen LogP contribution in [0.4, 0.5) is 4.79 Å². The molecule has 2 aromatic heterocycles. The summed E-state index contributed by atoms with van der Waals surface area (Å²) in [6.07, 6.45) is 3.21. The second-order valence-electron chi connectivity index (χ2n) is 8.54. The molecule has 1 aromatic carbocycles. The Morgan fingerprint density at radius 1 is 1.19 bits per heavy atom. The predicted molar refractivity (Wildman–Crippen MR) is 120 cm³/mol. The van der Waals surface area contributed by atoms with Crippen molar-refractivity contribution in [1.82, 2.24) is 20.0 Å². The minimum absolute atomic E-state index is 0.0383. The van der Waals surface area contributed by atoms with E-state index in [1.54, 1.807) is 11.1 Å². The number of rotatable bonds is 3. The normalized spacial score (nSPS) is 16.9. The molecule has 7 nitrogen and oxygen atoms in total. The Bertz CT molecular complexity index is 1040. The fourth-order valence-corrected chi connectivity index (χ4v) is 4.50. The Kier molecular flexibility index (Phi) is 5.82. The van der Waals surface area contributed by atoms with Crippen LogP contribution in [-0.4, -0.2) is 57.2 Å². The minimum atomic E-state index is -0.563. The van der Waals surface area contributed by atoms with E-state index < -0.39 is 5.60 Å². The van der Waals surface area contributed by atoms with Gasteiger partial charge < -0.3 is 14.5 Å². The number of hydrogen-bond donors (Lipinski definition) is 1. The van der Waals surface area contributed by atoms with Crippen molar-refractivity contribution >= 4 is 23.3 Å². The molecule has 0 spiro atoms. The zero-order valence-corrected chi connectivity index (χ0v) is 18.7. The van der Waals surface area contributed by atoms with Gasteiger partial charge in [0.2, 0.25) is 0 Å². The summed E-state index contributed by atoms with van der Waals surface area (Å²) < 4.78 is 5.56. The number of nitrogens with one attached hydrogen (secondary N) is 1.